The van der Waals surface area contributed by atoms with Gasteiger partial charge >= 0.3 is 5.97 Å². The van der Waals surface area contributed by atoms with Crippen LogP contribution in [0.3, 0.4) is 0 Å². The highest BCUT2D eigenvalue weighted by Crippen LogP contribution is 2.24. The fourth-order valence-electron chi connectivity index (χ4n) is 1.40. The molecule has 1 aromatic heterocycles. The molecule has 1 atom stereocenters. The van der Waals surface area contributed by atoms with Crippen LogP contribution in [-0.2, 0) is 11.2 Å². The van der Waals surface area contributed by atoms with Gasteiger partial charge < -0.3 is 5.11 Å². The highest BCUT2D eigenvalue weighted by molar-refractivity contribution is 7.12. The van der Waals surface area contributed by atoms with Gasteiger partial charge in [0, 0.05) is 9.75 Å². The molecule has 0 aliphatic rings. The maximum Gasteiger partial charge on any atom is 0.326 e. The summed E-state index contributed by atoms with van der Waals surface area (Å²) in [4.78, 5) is 13.3. The molecular weight excluding hydrogens is 222 g/mol. The van der Waals surface area contributed by atoms with E-state index in [1.807, 2.05) is 12.1 Å². The molecular formula is C12H19NO2S. The average molecular weight is 241 g/mol. The summed E-state index contributed by atoms with van der Waals surface area (Å²) < 4.78 is 0. The molecule has 0 saturated carbocycles. The summed E-state index contributed by atoms with van der Waals surface area (Å²) in [6.45, 7) is 6.93. The zero-order chi connectivity index (χ0) is 12.1. The Balaban J connectivity index is 2.73. The van der Waals surface area contributed by atoms with Gasteiger partial charge in [-0.15, -0.1) is 11.3 Å². The first-order chi connectivity index (χ1) is 7.54. The number of carboxylic acids is 1. The van der Waals surface area contributed by atoms with Crippen LogP contribution in [-0.4, -0.2) is 17.6 Å². The van der Waals surface area contributed by atoms with E-state index >= 15 is 0 Å². The van der Waals surface area contributed by atoms with Gasteiger partial charge in [0.25, 0.3) is 0 Å². The first-order valence-electron chi connectivity index (χ1n) is 5.59. The van der Waals surface area contributed by atoms with E-state index in [0.29, 0.717) is 5.92 Å². The molecule has 90 valence electrons. The quantitative estimate of drug-likeness (QED) is 0.805. The number of hydrogen-bond donors (Lipinski definition) is 2. The topological polar surface area (TPSA) is 49.3 Å². The molecule has 2 N–H and O–H groups in total. The van der Waals surface area contributed by atoms with Crippen molar-refractivity contribution in [1.29, 1.82) is 0 Å². The smallest absolute Gasteiger partial charge is 0.326 e. The standard InChI is InChI=1S/C12H19NO2S/c1-4-9-5-6-10(16-9)11(12(14)15)13-7-8(2)3/h5-6,8,11,13H,4,7H2,1-3H3,(H,14,15). The first kappa shape index (κ1) is 13.2. The van der Waals surface area contributed by atoms with Gasteiger partial charge in [-0.05, 0) is 31.0 Å². The Morgan fingerprint density at radius 2 is 2.19 bits per heavy atom. The molecule has 1 heterocycles. The van der Waals surface area contributed by atoms with Crippen molar-refractivity contribution in [2.75, 3.05) is 6.54 Å². The van der Waals surface area contributed by atoms with Gasteiger partial charge in [0.15, 0.2) is 0 Å². The van der Waals surface area contributed by atoms with Crippen LogP contribution in [0.1, 0.15) is 36.6 Å². The van der Waals surface area contributed by atoms with Crippen molar-refractivity contribution in [2.24, 2.45) is 5.92 Å². The molecule has 0 fully saturated rings. The Morgan fingerprint density at radius 3 is 2.62 bits per heavy atom. The monoisotopic (exact) mass is 241 g/mol. The van der Waals surface area contributed by atoms with E-state index in [1.54, 1.807) is 11.3 Å². The molecule has 0 aliphatic heterocycles. The number of rotatable bonds is 6. The Kier molecular flexibility index (Phi) is 4.96. The maximum absolute atomic E-state index is 11.2. The minimum absolute atomic E-state index is 0.451. The minimum Gasteiger partial charge on any atom is -0.480 e. The summed E-state index contributed by atoms with van der Waals surface area (Å²) in [5.41, 5.74) is 0. The third-order valence-electron chi connectivity index (χ3n) is 2.29. The third kappa shape index (κ3) is 3.61. The lowest BCUT2D eigenvalue weighted by atomic mass is 10.2. The molecule has 0 radical (unpaired) electrons. The average Bonchev–Trinajstić information content (AvgIpc) is 2.65. The molecule has 0 aliphatic carbocycles. The number of aryl methyl sites for hydroxylation is 1. The number of hydrogen-bond acceptors (Lipinski definition) is 3. The Hall–Kier alpha value is -0.870. The summed E-state index contributed by atoms with van der Waals surface area (Å²) >= 11 is 1.58. The van der Waals surface area contributed by atoms with Gasteiger partial charge in [0.2, 0.25) is 0 Å². The van der Waals surface area contributed by atoms with Crippen LogP contribution >= 0.6 is 11.3 Å². The molecule has 1 rings (SSSR count). The van der Waals surface area contributed by atoms with Gasteiger partial charge in [0.05, 0.1) is 0 Å². The number of carboxylic acid groups (broad SMARTS) is 1. The number of carbonyl (C=O) groups is 1. The predicted molar refractivity (Wildman–Crippen MR) is 66.9 cm³/mol. The van der Waals surface area contributed by atoms with Crippen LogP contribution in [0.15, 0.2) is 12.1 Å². The molecule has 0 aromatic carbocycles. The van der Waals surface area contributed by atoms with Crippen LogP contribution in [0.5, 0.6) is 0 Å². The molecule has 0 saturated heterocycles. The van der Waals surface area contributed by atoms with Crippen LogP contribution in [0.4, 0.5) is 0 Å². The van der Waals surface area contributed by atoms with Gasteiger partial charge in [-0.2, -0.15) is 0 Å². The fraction of sp³-hybridized carbons (Fsp3) is 0.583. The van der Waals surface area contributed by atoms with Crippen LogP contribution in [0, 0.1) is 5.92 Å². The lowest BCUT2D eigenvalue weighted by Crippen LogP contribution is -2.30. The van der Waals surface area contributed by atoms with Gasteiger partial charge in [-0.25, -0.2) is 0 Å². The van der Waals surface area contributed by atoms with E-state index in [9.17, 15) is 4.79 Å². The van der Waals surface area contributed by atoms with Crippen LogP contribution < -0.4 is 5.32 Å². The fourth-order valence-corrected chi connectivity index (χ4v) is 2.42. The summed E-state index contributed by atoms with van der Waals surface area (Å²) in [7, 11) is 0. The van der Waals surface area contributed by atoms with Crippen molar-refractivity contribution in [1.82, 2.24) is 5.32 Å². The van der Waals surface area contributed by atoms with E-state index in [4.69, 9.17) is 5.11 Å². The lowest BCUT2D eigenvalue weighted by molar-refractivity contribution is -0.139. The second kappa shape index (κ2) is 6.01. The lowest BCUT2D eigenvalue weighted by Gasteiger charge is -2.14. The van der Waals surface area contributed by atoms with Crippen LogP contribution in [0.25, 0.3) is 0 Å². The highest BCUT2D eigenvalue weighted by atomic mass is 32.1. The summed E-state index contributed by atoms with van der Waals surface area (Å²) in [6.07, 6.45) is 0.960. The summed E-state index contributed by atoms with van der Waals surface area (Å²) in [5.74, 6) is -0.349. The molecule has 1 unspecified atom stereocenters. The molecule has 16 heavy (non-hydrogen) atoms. The second-order valence-electron chi connectivity index (χ2n) is 4.23. The zero-order valence-corrected chi connectivity index (χ0v) is 10.8. The highest BCUT2D eigenvalue weighted by Gasteiger charge is 2.20. The first-order valence-corrected chi connectivity index (χ1v) is 6.41. The number of aliphatic carboxylic acids is 1. The summed E-state index contributed by atoms with van der Waals surface area (Å²) in [5, 5.41) is 12.2. The van der Waals surface area contributed by atoms with Crippen molar-refractivity contribution >= 4 is 17.3 Å². The van der Waals surface area contributed by atoms with Crippen molar-refractivity contribution in [2.45, 2.75) is 33.2 Å². The Bertz CT molecular complexity index is 347. The molecule has 3 nitrogen and oxygen atoms in total. The zero-order valence-electron chi connectivity index (χ0n) is 9.99. The number of thiophene rings is 1. The van der Waals surface area contributed by atoms with E-state index in [1.165, 1.54) is 4.88 Å². The Morgan fingerprint density at radius 1 is 1.50 bits per heavy atom. The molecule has 1 aromatic rings. The summed E-state index contributed by atoms with van der Waals surface area (Å²) in [6, 6.07) is 3.36. The van der Waals surface area contributed by atoms with Crippen molar-refractivity contribution < 1.29 is 9.90 Å². The molecule has 0 amide bonds. The van der Waals surface area contributed by atoms with E-state index in [-0.39, 0.29) is 0 Å². The molecule has 0 bridgehead atoms. The predicted octanol–water partition coefficient (Wildman–Crippen LogP) is 2.68. The maximum atomic E-state index is 11.2. The van der Waals surface area contributed by atoms with Crippen molar-refractivity contribution in [3.8, 4) is 0 Å². The third-order valence-corrected chi connectivity index (χ3v) is 3.59. The van der Waals surface area contributed by atoms with E-state index in [0.717, 1.165) is 17.8 Å². The normalized spacial score (nSPS) is 13.0. The van der Waals surface area contributed by atoms with Gasteiger partial charge in [-0.1, -0.05) is 20.8 Å². The largest absolute Gasteiger partial charge is 0.480 e. The van der Waals surface area contributed by atoms with Crippen LogP contribution in [0.2, 0.25) is 0 Å². The minimum atomic E-state index is -0.801. The van der Waals surface area contributed by atoms with E-state index in [2.05, 4.69) is 26.1 Å². The molecule has 4 heteroatoms. The SMILES string of the molecule is CCc1ccc(C(NCC(C)C)C(=O)O)s1. The van der Waals surface area contributed by atoms with E-state index < -0.39 is 12.0 Å². The Labute approximate surface area is 100 Å². The number of nitrogens with one attached hydrogen (secondary N) is 1. The van der Waals surface area contributed by atoms with Gasteiger partial charge in [0.1, 0.15) is 6.04 Å². The molecule has 0 spiro atoms. The second-order valence-corrected chi connectivity index (χ2v) is 5.43. The van der Waals surface area contributed by atoms with Crippen molar-refractivity contribution in [3.05, 3.63) is 21.9 Å². The van der Waals surface area contributed by atoms with Gasteiger partial charge in [-0.3, -0.25) is 10.1 Å². The van der Waals surface area contributed by atoms with Crippen molar-refractivity contribution in [3.63, 3.8) is 0 Å².